The molecule has 0 unspecified atom stereocenters. The van der Waals surface area contributed by atoms with E-state index in [9.17, 15) is 4.39 Å². The molecule has 0 atom stereocenters. The minimum atomic E-state index is -0.879. The Morgan fingerprint density at radius 1 is 1.73 bits per heavy atom. The first-order valence-corrected chi connectivity index (χ1v) is 3.17. The summed E-state index contributed by atoms with van der Waals surface area (Å²) in [6.45, 7) is 0. The van der Waals surface area contributed by atoms with E-state index >= 15 is 0 Å². The summed E-state index contributed by atoms with van der Waals surface area (Å²) in [6, 6.07) is 3.17. The van der Waals surface area contributed by atoms with Crippen LogP contribution in [0.15, 0.2) is 6.07 Å². The van der Waals surface area contributed by atoms with Crippen molar-refractivity contribution in [1.29, 1.82) is 0 Å². The summed E-state index contributed by atoms with van der Waals surface area (Å²) in [4.78, 5) is 0. The second-order valence-electron chi connectivity index (χ2n) is 1.85. The number of phenolic OH excluding ortho intramolecular Hbond substituents is 1. The number of hydrogen-bond donors (Lipinski definition) is 1. The molecule has 0 amide bonds. The first-order chi connectivity index (χ1) is 5.15. The smallest absolute Gasteiger partial charge is 0.174 e. The number of ether oxygens (including phenoxy) is 1. The molecule has 1 aromatic carbocycles. The van der Waals surface area contributed by atoms with Gasteiger partial charge in [0.1, 0.15) is 5.75 Å². The van der Waals surface area contributed by atoms with E-state index in [1.165, 1.54) is 7.11 Å². The highest BCUT2D eigenvalue weighted by Crippen LogP contribution is 2.29. The zero-order valence-electron chi connectivity index (χ0n) is 5.69. The average Bonchev–Trinajstić information content (AvgIpc) is 1.97. The van der Waals surface area contributed by atoms with Crippen molar-refractivity contribution in [2.45, 2.75) is 0 Å². The Morgan fingerprint density at radius 3 is 2.91 bits per heavy atom. The Balaban J connectivity index is 3.21. The molecule has 1 rings (SSSR count). The molecule has 59 valence electrons. The van der Waals surface area contributed by atoms with Crippen molar-refractivity contribution in [3.63, 3.8) is 0 Å². The van der Waals surface area contributed by atoms with Crippen LogP contribution in [-0.2, 0) is 0 Å². The molecule has 1 radical (unpaired) electrons. The van der Waals surface area contributed by atoms with Gasteiger partial charge in [0.05, 0.1) is 12.1 Å². The van der Waals surface area contributed by atoms with E-state index < -0.39 is 11.6 Å². The third kappa shape index (κ3) is 1.54. The van der Waals surface area contributed by atoms with Crippen LogP contribution in [0.25, 0.3) is 0 Å². The molecule has 0 aliphatic heterocycles. The average molecular weight is 176 g/mol. The van der Waals surface area contributed by atoms with Crippen LogP contribution in [0.4, 0.5) is 4.39 Å². The molecule has 0 spiro atoms. The minimum absolute atomic E-state index is 0.0165. The molecule has 11 heavy (non-hydrogen) atoms. The van der Waals surface area contributed by atoms with Gasteiger partial charge in [0, 0.05) is 12.1 Å². The minimum Gasteiger partial charge on any atom is -0.505 e. The highest BCUT2D eigenvalue weighted by molar-refractivity contribution is 6.31. The van der Waals surface area contributed by atoms with E-state index in [0.29, 0.717) is 0 Å². The molecule has 2 nitrogen and oxygen atoms in total. The Hall–Kier alpha value is -0.960. The monoisotopic (exact) mass is 175 g/mol. The zero-order valence-corrected chi connectivity index (χ0v) is 6.44. The fourth-order valence-corrected chi connectivity index (χ4v) is 0.836. The van der Waals surface area contributed by atoms with Crippen LogP contribution < -0.4 is 4.74 Å². The second kappa shape index (κ2) is 2.96. The molecular formula is C7H5ClFO2. The van der Waals surface area contributed by atoms with Gasteiger partial charge < -0.3 is 9.84 Å². The fraction of sp³-hybridized carbons (Fsp3) is 0.143. The molecule has 0 saturated heterocycles. The van der Waals surface area contributed by atoms with Gasteiger partial charge in [-0.05, 0) is 0 Å². The highest BCUT2D eigenvalue weighted by Gasteiger charge is 2.07. The summed E-state index contributed by atoms with van der Waals surface area (Å²) in [6.07, 6.45) is 0. The number of rotatable bonds is 1. The van der Waals surface area contributed by atoms with E-state index in [4.69, 9.17) is 21.4 Å². The zero-order chi connectivity index (χ0) is 8.43. The third-order valence-electron chi connectivity index (χ3n) is 1.15. The fourth-order valence-electron chi connectivity index (χ4n) is 0.621. The second-order valence-corrected chi connectivity index (χ2v) is 2.23. The normalized spacial score (nSPS) is 9.73. The van der Waals surface area contributed by atoms with E-state index in [1.807, 2.05) is 0 Å². The predicted molar refractivity (Wildman–Crippen MR) is 38.5 cm³/mol. The van der Waals surface area contributed by atoms with Crippen LogP contribution >= 0.6 is 11.6 Å². The maximum atomic E-state index is 12.5. The number of aromatic hydroxyl groups is 1. The van der Waals surface area contributed by atoms with Gasteiger partial charge in [0.15, 0.2) is 11.6 Å². The molecule has 0 saturated carbocycles. The van der Waals surface area contributed by atoms with E-state index in [0.717, 1.165) is 6.07 Å². The van der Waals surface area contributed by atoms with Crippen LogP contribution in [0, 0.1) is 11.9 Å². The lowest BCUT2D eigenvalue weighted by Crippen LogP contribution is -1.85. The Labute approximate surface area is 68.2 Å². The van der Waals surface area contributed by atoms with Crippen molar-refractivity contribution >= 4 is 11.6 Å². The number of hydrogen-bond acceptors (Lipinski definition) is 2. The van der Waals surface area contributed by atoms with Crippen LogP contribution in [0.1, 0.15) is 0 Å². The van der Waals surface area contributed by atoms with Gasteiger partial charge in [-0.2, -0.15) is 0 Å². The van der Waals surface area contributed by atoms with Crippen LogP contribution in [-0.4, -0.2) is 12.2 Å². The lowest BCUT2D eigenvalue weighted by molar-refractivity contribution is 0.397. The van der Waals surface area contributed by atoms with Crippen molar-refractivity contribution in [2.75, 3.05) is 7.11 Å². The van der Waals surface area contributed by atoms with Gasteiger partial charge in [-0.3, -0.25) is 0 Å². The van der Waals surface area contributed by atoms with Gasteiger partial charge in [-0.25, -0.2) is 4.39 Å². The maximum absolute atomic E-state index is 12.5. The van der Waals surface area contributed by atoms with Crippen LogP contribution in [0.5, 0.6) is 11.5 Å². The molecule has 0 aliphatic rings. The third-order valence-corrected chi connectivity index (χ3v) is 1.43. The van der Waals surface area contributed by atoms with Gasteiger partial charge >= 0.3 is 0 Å². The predicted octanol–water partition coefficient (Wildman–Crippen LogP) is 1.99. The summed E-state index contributed by atoms with van der Waals surface area (Å²) in [5.41, 5.74) is 0. The molecule has 1 N–H and O–H groups in total. The molecule has 0 heterocycles. The van der Waals surface area contributed by atoms with Crippen molar-refractivity contribution in [3.8, 4) is 11.5 Å². The van der Waals surface area contributed by atoms with Crippen molar-refractivity contribution < 1.29 is 14.2 Å². The van der Waals surface area contributed by atoms with Crippen molar-refractivity contribution in [3.05, 3.63) is 23.0 Å². The van der Waals surface area contributed by atoms with E-state index in [1.54, 1.807) is 0 Å². The molecular weight excluding hydrogens is 171 g/mol. The van der Waals surface area contributed by atoms with Crippen molar-refractivity contribution in [2.24, 2.45) is 0 Å². The quantitative estimate of drug-likeness (QED) is 0.708. The van der Waals surface area contributed by atoms with Gasteiger partial charge in [-0.1, -0.05) is 11.6 Å². The number of benzene rings is 1. The summed E-state index contributed by atoms with van der Waals surface area (Å²) < 4.78 is 17.1. The maximum Gasteiger partial charge on any atom is 0.174 e. The van der Waals surface area contributed by atoms with E-state index in [-0.39, 0.29) is 10.8 Å². The van der Waals surface area contributed by atoms with Gasteiger partial charge in [-0.15, -0.1) is 0 Å². The Bertz CT molecular complexity index is 275. The molecule has 0 aliphatic carbocycles. The summed E-state index contributed by atoms with van der Waals surface area (Å²) in [7, 11) is 1.37. The SMILES string of the molecule is COc1cc(O)c(F)[c]c1Cl. The topological polar surface area (TPSA) is 29.5 Å². The summed E-state index contributed by atoms with van der Waals surface area (Å²) in [5.74, 6) is -1.20. The Kier molecular flexibility index (Phi) is 2.19. The molecule has 0 aromatic heterocycles. The highest BCUT2D eigenvalue weighted by atomic mass is 35.5. The first kappa shape index (κ1) is 8.14. The largest absolute Gasteiger partial charge is 0.505 e. The van der Waals surface area contributed by atoms with Gasteiger partial charge in [0.25, 0.3) is 0 Å². The Morgan fingerprint density at radius 2 is 2.36 bits per heavy atom. The summed E-state index contributed by atoms with van der Waals surface area (Å²) >= 11 is 5.47. The standard InChI is InChI=1S/C7H5ClFO2/c1-11-7-3-6(10)5(9)2-4(7)8/h3,10H,1H3. The molecule has 4 heteroatoms. The number of halogens is 2. The number of methoxy groups -OCH3 is 1. The molecule has 0 bridgehead atoms. The van der Waals surface area contributed by atoms with Crippen LogP contribution in [0.2, 0.25) is 5.02 Å². The molecule has 0 fully saturated rings. The summed E-state index contributed by atoms with van der Waals surface area (Å²) in [5, 5.41) is 8.83. The van der Waals surface area contributed by atoms with Crippen molar-refractivity contribution in [1.82, 2.24) is 0 Å². The number of phenols is 1. The molecule has 1 aromatic rings. The van der Waals surface area contributed by atoms with Crippen LogP contribution in [0.3, 0.4) is 0 Å². The lowest BCUT2D eigenvalue weighted by atomic mass is 10.3. The van der Waals surface area contributed by atoms with Gasteiger partial charge in [0.2, 0.25) is 0 Å². The van der Waals surface area contributed by atoms with E-state index in [2.05, 4.69) is 6.07 Å². The lowest BCUT2D eigenvalue weighted by Gasteiger charge is -2.02. The first-order valence-electron chi connectivity index (χ1n) is 2.79.